The Balaban J connectivity index is 3.24. The molecule has 0 bridgehead atoms. The highest BCUT2D eigenvalue weighted by Crippen LogP contribution is 1.90. The Morgan fingerprint density at radius 2 is 2.38 bits per heavy atom. The lowest BCUT2D eigenvalue weighted by Gasteiger charge is -2.06. The third kappa shape index (κ3) is 3.86. The Bertz CT molecular complexity index is 82.5. The molecule has 0 aliphatic rings. The molecule has 3 heteroatoms. The van der Waals surface area contributed by atoms with Gasteiger partial charge in [0.2, 0.25) is 0 Å². The highest BCUT2D eigenvalue weighted by molar-refractivity contribution is 6.11. The van der Waals surface area contributed by atoms with Gasteiger partial charge >= 0.3 is 5.97 Å². The molecule has 8 heavy (non-hydrogen) atoms. The lowest BCUT2D eigenvalue weighted by atomic mass is 10.5. The van der Waals surface area contributed by atoms with Gasteiger partial charge in [-0.2, -0.15) is 0 Å². The van der Waals surface area contributed by atoms with Crippen LogP contribution in [0.2, 0.25) is 0 Å². The zero-order valence-electron chi connectivity index (χ0n) is 5.10. The first-order chi connectivity index (χ1) is 3.66. The van der Waals surface area contributed by atoms with Crippen LogP contribution < -0.4 is 0 Å². The second-order valence-electron chi connectivity index (χ2n) is 1.51. The molecular formula is C5H9O2Si. The van der Waals surface area contributed by atoms with Crippen LogP contribution in [0.25, 0.3) is 0 Å². The summed E-state index contributed by atoms with van der Waals surface area (Å²) >= 11 is 0. The Hall–Kier alpha value is -0.313. The normalized spacial score (nSPS) is 12.9. The van der Waals surface area contributed by atoms with Crippen molar-refractivity contribution in [2.24, 2.45) is 0 Å². The Labute approximate surface area is 52.6 Å². The van der Waals surface area contributed by atoms with Crippen LogP contribution in [-0.2, 0) is 9.53 Å². The summed E-state index contributed by atoms with van der Waals surface area (Å²) < 4.78 is 4.67. The Morgan fingerprint density at radius 1 is 1.88 bits per heavy atom. The Morgan fingerprint density at radius 3 is 2.50 bits per heavy atom. The zero-order chi connectivity index (χ0) is 6.57. The molecule has 2 nitrogen and oxygen atoms in total. The van der Waals surface area contributed by atoms with E-state index < -0.39 is 0 Å². The predicted octanol–water partition coefficient (Wildman–Crippen LogP) is 0.454. The molecule has 0 spiro atoms. The van der Waals surface area contributed by atoms with E-state index in [1.165, 1.54) is 6.92 Å². The van der Waals surface area contributed by atoms with Gasteiger partial charge in [-0.05, 0) is 6.42 Å². The molecule has 0 aromatic carbocycles. The summed E-state index contributed by atoms with van der Waals surface area (Å²) in [5.41, 5.74) is -0.118. The molecule has 1 atom stereocenters. The molecular weight excluding hydrogens is 120 g/mol. The van der Waals surface area contributed by atoms with Crippen LogP contribution in [0.3, 0.4) is 0 Å². The number of hydrogen-bond acceptors (Lipinski definition) is 2. The minimum absolute atomic E-state index is 0.118. The van der Waals surface area contributed by atoms with E-state index in [1.54, 1.807) is 0 Å². The summed E-state index contributed by atoms with van der Waals surface area (Å²) in [6.07, 6.45) is 0.802. The van der Waals surface area contributed by atoms with Crippen LogP contribution in [0.5, 0.6) is 0 Å². The molecule has 0 aromatic heterocycles. The zero-order valence-corrected chi connectivity index (χ0v) is 6.10. The number of esters is 1. The highest BCUT2D eigenvalue weighted by Gasteiger charge is 1.99. The monoisotopic (exact) mass is 129 g/mol. The van der Waals surface area contributed by atoms with Crippen molar-refractivity contribution in [3.8, 4) is 0 Å². The van der Waals surface area contributed by atoms with Gasteiger partial charge < -0.3 is 4.74 Å². The van der Waals surface area contributed by atoms with Crippen molar-refractivity contribution in [1.82, 2.24) is 0 Å². The maximum absolute atomic E-state index is 10.2. The molecule has 3 radical (unpaired) electrons. The van der Waals surface area contributed by atoms with Crippen molar-refractivity contribution in [3.63, 3.8) is 0 Å². The maximum Gasteiger partial charge on any atom is 0.302 e. The van der Waals surface area contributed by atoms with Gasteiger partial charge in [-0.1, -0.05) is 6.92 Å². The van der Waals surface area contributed by atoms with E-state index in [0.717, 1.165) is 6.42 Å². The summed E-state index contributed by atoms with van der Waals surface area (Å²) in [7, 11) is 3.18. The molecule has 0 saturated carbocycles. The fourth-order valence-electron chi connectivity index (χ4n) is 0.284. The minimum Gasteiger partial charge on any atom is -0.467 e. The molecule has 0 N–H and O–H groups in total. The molecule has 0 amide bonds. The lowest BCUT2D eigenvalue weighted by Crippen LogP contribution is -2.14. The van der Waals surface area contributed by atoms with Gasteiger partial charge in [-0.3, -0.25) is 4.79 Å². The van der Waals surface area contributed by atoms with Gasteiger partial charge in [0.15, 0.2) is 0 Å². The molecule has 0 heterocycles. The van der Waals surface area contributed by atoms with Gasteiger partial charge in [-0.15, -0.1) is 0 Å². The van der Waals surface area contributed by atoms with Crippen LogP contribution in [0, 0.1) is 0 Å². The molecule has 45 valence electrons. The van der Waals surface area contributed by atoms with Crippen molar-refractivity contribution < 1.29 is 9.53 Å². The van der Waals surface area contributed by atoms with Gasteiger partial charge in [0.25, 0.3) is 0 Å². The number of hydrogen-bond donors (Lipinski definition) is 0. The molecule has 0 aliphatic carbocycles. The molecule has 0 aliphatic heterocycles. The summed E-state index contributed by atoms with van der Waals surface area (Å²) in [6, 6.07) is 0. The third-order valence-electron chi connectivity index (χ3n) is 0.679. The first-order valence-corrected chi connectivity index (χ1v) is 3.13. The SMILES string of the molecule is CCC([Si])OC(C)=O. The van der Waals surface area contributed by atoms with Gasteiger partial charge in [0, 0.05) is 6.92 Å². The summed E-state index contributed by atoms with van der Waals surface area (Å²) in [6.45, 7) is 3.32. The van der Waals surface area contributed by atoms with E-state index in [4.69, 9.17) is 0 Å². The van der Waals surface area contributed by atoms with E-state index in [2.05, 4.69) is 15.0 Å². The third-order valence-corrected chi connectivity index (χ3v) is 1.21. The highest BCUT2D eigenvalue weighted by atomic mass is 28.1. The average molecular weight is 129 g/mol. The summed E-state index contributed by atoms with van der Waals surface area (Å²) in [5.74, 6) is -0.244. The van der Waals surface area contributed by atoms with Crippen LogP contribution in [0.1, 0.15) is 20.3 Å². The number of rotatable bonds is 2. The smallest absolute Gasteiger partial charge is 0.302 e. The fourth-order valence-corrected chi connectivity index (χ4v) is 0.450. The largest absolute Gasteiger partial charge is 0.467 e. The van der Waals surface area contributed by atoms with E-state index in [1.807, 2.05) is 6.92 Å². The number of carbonyl (C=O) groups excluding carboxylic acids is 1. The van der Waals surface area contributed by atoms with Crippen LogP contribution in [0.4, 0.5) is 0 Å². The van der Waals surface area contributed by atoms with Crippen molar-refractivity contribution in [3.05, 3.63) is 0 Å². The van der Waals surface area contributed by atoms with Gasteiger partial charge in [-0.25, -0.2) is 0 Å². The second-order valence-corrected chi connectivity index (χ2v) is 2.15. The summed E-state index contributed by atoms with van der Waals surface area (Å²) in [5, 5.41) is 0. The molecule has 0 rings (SSSR count). The van der Waals surface area contributed by atoms with Crippen molar-refractivity contribution >= 4 is 16.2 Å². The maximum atomic E-state index is 10.2. The first-order valence-electron chi connectivity index (χ1n) is 2.55. The van der Waals surface area contributed by atoms with Crippen LogP contribution in [-0.4, -0.2) is 21.9 Å². The summed E-state index contributed by atoms with van der Waals surface area (Å²) in [4.78, 5) is 10.2. The Kier molecular flexibility index (Phi) is 3.52. The predicted molar refractivity (Wildman–Crippen MR) is 31.6 cm³/mol. The topological polar surface area (TPSA) is 26.3 Å². The minimum atomic E-state index is -0.244. The quantitative estimate of drug-likeness (QED) is 0.400. The second kappa shape index (κ2) is 3.66. The van der Waals surface area contributed by atoms with Gasteiger partial charge in [0.1, 0.15) is 0 Å². The van der Waals surface area contributed by atoms with E-state index >= 15 is 0 Å². The van der Waals surface area contributed by atoms with Crippen LogP contribution in [0.15, 0.2) is 0 Å². The lowest BCUT2D eigenvalue weighted by molar-refractivity contribution is -0.142. The number of carbonyl (C=O) groups is 1. The first kappa shape index (κ1) is 7.69. The van der Waals surface area contributed by atoms with E-state index in [0.29, 0.717) is 0 Å². The van der Waals surface area contributed by atoms with E-state index in [-0.39, 0.29) is 11.7 Å². The molecule has 0 fully saturated rings. The average Bonchev–Trinajstić information content (AvgIpc) is 1.65. The number of ether oxygens (including phenoxy) is 1. The van der Waals surface area contributed by atoms with Crippen molar-refractivity contribution in [2.45, 2.75) is 26.0 Å². The molecule has 1 unspecified atom stereocenters. The molecule has 0 saturated heterocycles. The van der Waals surface area contributed by atoms with Crippen molar-refractivity contribution in [1.29, 1.82) is 0 Å². The van der Waals surface area contributed by atoms with E-state index in [9.17, 15) is 4.79 Å². The van der Waals surface area contributed by atoms with Gasteiger partial charge in [0.05, 0.1) is 16.0 Å². The van der Waals surface area contributed by atoms with Crippen molar-refractivity contribution in [2.75, 3.05) is 0 Å². The fraction of sp³-hybridized carbons (Fsp3) is 0.800. The standard InChI is InChI=1S/C5H9O2Si/c1-3-5(8)7-4(2)6/h5H,3H2,1-2H3. The van der Waals surface area contributed by atoms with Crippen LogP contribution >= 0.6 is 0 Å². The molecule has 0 aromatic rings.